The number of hydrogen-bond donors (Lipinski definition) is 1. The number of hydrogen-bond acceptors (Lipinski definition) is 8. The summed E-state index contributed by atoms with van der Waals surface area (Å²) in [7, 11) is -3.40. The van der Waals surface area contributed by atoms with E-state index in [1.54, 1.807) is 77.5 Å². The summed E-state index contributed by atoms with van der Waals surface area (Å²) in [5.41, 5.74) is 2.72. The van der Waals surface area contributed by atoms with Crippen LogP contribution >= 0.6 is 0 Å². The molecule has 2 aliphatic rings. The van der Waals surface area contributed by atoms with Gasteiger partial charge in [0.25, 0.3) is 5.91 Å². The van der Waals surface area contributed by atoms with Crippen molar-refractivity contribution in [2.45, 2.75) is 29.9 Å². The lowest BCUT2D eigenvalue weighted by Crippen LogP contribution is -2.50. The van der Waals surface area contributed by atoms with Crippen LogP contribution in [0.15, 0.2) is 65.7 Å². The minimum atomic E-state index is -3.40. The maximum Gasteiger partial charge on any atom is 0.253 e. The highest BCUT2D eigenvalue weighted by molar-refractivity contribution is 7.92. The molecule has 3 heterocycles. The molecule has 2 saturated heterocycles. The number of aromatic nitrogens is 2. The number of carbonyl (C=O) groups is 2. The molecular weight excluding hydrogens is 518 g/mol. The molecule has 2 fully saturated rings. The van der Waals surface area contributed by atoms with Crippen molar-refractivity contribution in [1.82, 2.24) is 19.8 Å². The van der Waals surface area contributed by atoms with E-state index in [9.17, 15) is 18.0 Å². The van der Waals surface area contributed by atoms with Crippen LogP contribution < -0.4 is 5.32 Å². The highest BCUT2D eigenvalue weighted by Crippen LogP contribution is 2.26. The Hall–Kier alpha value is -3.83. The second kappa shape index (κ2) is 11.5. The Morgan fingerprint density at radius 2 is 1.54 bits per heavy atom. The van der Waals surface area contributed by atoms with Crippen LogP contribution in [0.5, 0.6) is 0 Å². The predicted molar refractivity (Wildman–Crippen MR) is 146 cm³/mol. The largest absolute Gasteiger partial charge is 0.381 e. The van der Waals surface area contributed by atoms with Gasteiger partial charge in [-0.2, -0.15) is 0 Å². The normalized spacial score (nSPS) is 16.6. The molecule has 2 aromatic carbocycles. The highest BCUT2D eigenvalue weighted by atomic mass is 32.2. The van der Waals surface area contributed by atoms with E-state index in [-0.39, 0.29) is 11.8 Å². The quantitative estimate of drug-likeness (QED) is 0.498. The number of nitrogens with one attached hydrogen (secondary N) is 1. The Morgan fingerprint density at radius 1 is 0.897 bits per heavy atom. The summed E-state index contributed by atoms with van der Waals surface area (Å²) in [5, 5.41) is 2.75. The van der Waals surface area contributed by atoms with E-state index < -0.39 is 15.1 Å². The second-order valence-electron chi connectivity index (χ2n) is 9.65. The number of carbonyl (C=O) groups excluding carboxylic acids is 2. The van der Waals surface area contributed by atoms with Gasteiger partial charge in [-0.15, -0.1) is 0 Å². The number of benzene rings is 2. The van der Waals surface area contributed by atoms with E-state index in [1.165, 1.54) is 0 Å². The Labute approximate surface area is 227 Å². The standard InChI is InChI=1S/C28H31N5O5S/c1-20(34)32-14-16-33(17-15-32)27(35)22-2-6-23(7-3-22)30-28-29-13-10-26(31-28)21-4-8-24(9-5-21)39(36,37)25-11-18-38-19-12-25/h2-10,13,25H,11-12,14-19H2,1H3,(H,29,30,31). The lowest BCUT2D eigenvalue weighted by molar-refractivity contribution is -0.130. The number of piperazine rings is 1. The molecule has 0 spiro atoms. The molecule has 3 aromatic rings. The molecule has 204 valence electrons. The van der Waals surface area contributed by atoms with Crippen LogP contribution in [0.1, 0.15) is 30.1 Å². The summed E-state index contributed by atoms with van der Waals surface area (Å²) < 4.78 is 31.2. The van der Waals surface area contributed by atoms with Crippen LogP contribution in [0.2, 0.25) is 0 Å². The van der Waals surface area contributed by atoms with Gasteiger partial charge in [-0.3, -0.25) is 9.59 Å². The van der Waals surface area contributed by atoms with E-state index >= 15 is 0 Å². The number of amides is 2. The van der Waals surface area contributed by atoms with Crippen molar-refractivity contribution in [2.24, 2.45) is 0 Å². The summed E-state index contributed by atoms with van der Waals surface area (Å²) in [5.74, 6) is 0.343. The predicted octanol–water partition coefficient (Wildman–Crippen LogP) is 3.14. The van der Waals surface area contributed by atoms with Gasteiger partial charge >= 0.3 is 0 Å². The summed E-state index contributed by atoms with van der Waals surface area (Å²) in [4.78, 5) is 37.1. The average Bonchev–Trinajstić information content (AvgIpc) is 2.98. The van der Waals surface area contributed by atoms with Gasteiger partial charge in [0.05, 0.1) is 15.8 Å². The van der Waals surface area contributed by atoms with Gasteiger partial charge in [-0.25, -0.2) is 18.4 Å². The molecule has 10 nitrogen and oxygen atoms in total. The molecule has 0 aliphatic carbocycles. The summed E-state index contributed by atoms with van der Waals surface area (Å²) in [6, 6.07) is 15.6. The maximum absolute atomic E-state index is 13.0. The van der Waals surface area contributed by atoms with Crippen molar-refractivity contribution in [3.63, 3.8) is 0 Å². The van der Waals surface area contributed by atoms with Gasteiger partial charge in [0.2, 0.25) is 11.9 Å². The van der Waals surface area contributed by atoms with E-state index in [2.05, 4.69) is 15.3 Å². The van der Waals surface area contributed by atoms with Crippen LogP contribution in [-0.2, 0) is 19.4 Å². The van der Waals surface area contributed by atoms with Gasteiger partial charge in [0, 0.05) is 69.3 Å². The fraction of sp³-hybridized carbons (Fsp3) is 0.357. The first-order chi connectivity index (χ1) is 18.8. The Morgan fingerprint density at radius 3 is 2.18 bits per heavy atom. The summed E-state index contributed by atoms with van der Waals surface area (Å²) in [6.45, 7) is 4.60. The first-order valence-electron chi connectivity index (χ1n) is 13.0. The van der Waals surface area contributed by atoms with Gasteiger partial charge in [-0.05, 0) is 55.3 Å². The number of ether oxygens (including phenoxy) is 1. The molecule has 0 atom stereocenters. The van der Waals surface area contributed by atoms with E-state index in [1.807, 2.05) is 0 Å². The zero-order valence-electron chi connectivity index (χ0n) is 21.7. The lowest BCUT2D eigenvalue weighted by Gasteiger charge is -2.34. The van der Waals surface area contributed by atoms with Crippen LogP contribution in [-0.4, -0.2) is 84.6 Å². The lowest BCUT2D eigenvalue weighted by atomic mass is 10.1. The number of sulfone groups is 1. The molecule has 0 unspecified atom stereocenters. The first-order valence-corrected chi connectivity index (χ1v) is 14.5. The van der Waals surface area contributed by atoms with Crippen molar-refractivity contribution in [2.75, 3.05) is 44.7 Å². The molecular formula is C28H31N5O5S. The van der Waals surface area contributed by atoms with Crippen molar-refractivity contribution in [1.29, 1.82) is 0 Å². The van der Waals surface area contributed by atoms with Crippen LogP contribution in [0.25, 0.3) is 11.3 Å². The zero-order valence-corrected chi connectivity index (χ0v) is 22.6. The zero-order chi connectivity index (χ0) is 27.4. The second-order valence-corrected chi connectivity index (χ2v) is 11.9. The molecule has 0 radical (unpaired) electrons. The fourth-order valence-corrected chi connectivity index (χ4v) is 6.52. The van der Waals surface area contributed by atoms with E-state index in [4.69, 9.17) is 4.74 Å². The molecule has 2 amide bonds. The fourth-order valence-electron chi connectivity index (χ4n) is 4.81. The third kappa shape index (κ3) is 6.10. The molecule has 11 heteroatoms. The van der Waals surface area contributed by atoms with Crippen molar-refractivity contribution < 1.29 is 22.7 Å². The van der Waals surface area contributed by atoms with Gasteiger partial charge < -0.3 is 19.9 Å². The van der Waals surface area contributed by atoms with Crippen molar-refractivity contribution in [3.8, 4) is 11.3 Å². The molecule has 0 saturated carbocycles. The Bertz CT molecular complexity index is 1430. The molecule has 39 heavy (non-hydrogen) atoms. The number of nitrogens with zero attached hydrogens (tertiary/aromatic N) is 4. The Balaban J connectivity index is 1.23. The van der Waals surface area contributed by atoms with Gasteiger partial charge in [-0.1, -0.05) is 12.1 Å². The average molecular weight is 550 g/mol. The third-order valence-electron chi connectivity index (χ3n) is 7.14. The summed E-state index contributed by atoms with van der Waals surface area (Å²) >= 11 is 0. The van der Waals surface area contributed by atoms with Crippen LogP contribution in [0.3, 0.4) is 0 Å². The summed E-state index contributed by atoms with van der Waals surface area (Å²) in [6.07, 6.45) is 2.66. The minimum absolute atomic E-state index is 0.0272. The molecule has 5 rings (SSSR count). The highest BCUT2D eigenvalue weighted by Gasteiger charge is 2.29. The molecule has 1 N–H and O–H groups in total. The van der Waals surface area contributed by atoms with Gasteiger partial charge in [0.15, 0.2) is 9.84 Å². The van der Waals surface area contributed by atoms with Crippen molar-refractivity contribution >= 4 is 33.3 Å². The number of anilines is 2. The van der Waals surface area contributed by atoms with Crippen molar-refractivity contribution in [3.05, 3.63) is 66.4 Å². The number of rotatable bonds is 6. The minimum Gasteiger partial charge on any atom is -0.381 e. The monoisotopic (exact) mass is 549 g/mol. The molecule has 1 aromatic heterocycles. The first kappa shape index (κ1) is 26.8. The molecule has 2 aliphatic heterocycles. The maximum atomic E-state index is 13.0. The molecule has 0 bridgehead atoms. The van der Waals surface area contributed by atoms with Crippen LogP contribution in [0, 0.1) is 0 Å². The van der Waals surface area contributed by atoms with Gasteiger partial charge in [0.1, 0.15) is 0 Å². The Kier molecular flexibility index (Phi) is 7.89. The van der Waals surface area contributed by atoms with Crippen LogP contribution in [0.4, 0.5) is 11.6 Å². The third-order valence-corrected chi connectivity index (χ3v) is 9.42. The van der Waals surface area contributed by atoms with E-state index in [0.717, 1.165) is 11.3 Å². The smallest absolute Gasteiger partial charge is 0.253 e. The van der Waals surface area contributed by atoms with E-state index in [0.29, 0.717) is 74.3 Å². The SMILES string of the molecule is CC(=O)N1CCN(C(=O)c2ccc(Nc3nccc(-c4ccc(S(=O)(=O)C5CCOCC5)cc4)n3)cc2)CC1. The topological polar surface area (TPSA) is 122 Å².